The van der Waals surface area contributed by atoms with Gasteiger partial charge >= 0.3 is 0 Å². The number of rotatable bonds is 6. The van der Waals surface area contributed by atoms with Gasteiger partial charge in [-0.3, -0.25) is 0 Å². The highest BCUT2D eigenvalue weighted by Crippen LogP contribution is 2.32. The van der Waals surface area contributed by atoms with Gasteiger partial charge < -0.3 is 19.3 Å². The Morgan fingerprint density at radius 2 is 1.93 bits per heavy atom. The first-order valence-electron chi connectivity index (χ1n) is 8.94. The molecule has 27 heavy (non-hydrogen) atoms. The second kappa shape index (κ2) is 8.41. The van der Waals surface area contributed by atoms with Crippen molar-refractivity contribution in [1.82, 2.24) is 10.1 Å². The first kappa shape index (κ1) is 17.8. The Bertz CT molecular complexity index is 879. The lowest BCUT2D eigenvalue weighted by atomic mass is 10.0. The zero-order valence-electron chi connectivity index (χ0n) is 14.7. The van der Waals surface area contributed by atoms with Gasteiger partial charge in [-0.15, -0.1) is 0 Å². The van der Waals surface area contributed by atoms with Gasteiger partial charge in [0.25, 0.3) is 0 Å². The van der Waals surface area contributed by atoms with Gasteiger partial charge in [-0.25, -0.2) is 0 Å². The van der Waals surface area contributed by atoms with Crippen molar-refractivity contribution in [3.05, 3.63) is 65.3 Å². The van der Waals surface area contributed by atoms with Crippen LogP contribution in [-0.4, -0.2) is 23.4 Å². The summed E-state index contributed by atoms with van der Waals surface area (Å²) in [5.41, 5.74) is 0.767. The number of nitrogens with one attached hydrogen (secondary N) is 1. The molecule has 0 radical (unpaired) electrons. The molecule has 0 atom stereocenters. The second-order valence-corrected chi connectivity index (χ2v) is 6.78. The molecule has 0 amide bonds. The summed E-state index contributed by atoms with van der Waals surface area (Å²) in [6.45, 7) is 1.89. The van der Waals surface area contributed by atoms with E-state index in [0.717, 1.165) is 37.5 Å². The topological polar surface area (TPSA) is 69.4 Å². The maximum absolute atomic E-state index is 6.15. The van der Waals surface area contributed by atoms with Crippen molar-refractivity contribution in [2.75, 3.05) is 18.5 Å². The Balaban J connectivity index is 1.44. The highest BCUT2D eigenvalue weighted by atomic mass is 35.5. The Hall–Kier alpha value is -2.57. The number of anilines is 1. The standard InChI is InChI=1S/C20H20ClN3O3/c21-15-6-7-18(26-16-4-2-1-3-5-16)17(12-15)22-13-19-23-20(27-24-19)14-8-10-25-11-9-14/h1-7,12,14,22H,8-11,13H2. The van der Waals surface area contributed by atoms with Crippen LogP contribution in [0.4, 0.5) is 5.69 Å². The maximum atomic E-state index is 6.15. The molecule has 1 saturated heterocycles. The van der Waals surface area contributed by atoms with Crippen molar-refractivity contribution in [2.45, 2.75) is 25.3 Å². The van der Waals surface area contributed by atoms with Crippen molar-refractivity contribution < 1.29 is 14.0 Å². The number of benzene rings is 2. The zero-order valence-corrected chi connectivity index (χ0v) is 15.5. The van der Waals surface area contributed by atoms with Crippen LogP contribution in [0.1, 0.15) is 30.5 Å². The molecular formula is C20H20ClN3O3. The van der Waals surface area contributed by atoms with Gasteiger partial charge in [-0.2, -0.15) is 4.98 Å². The number of ether oxygens (including phenoxy) is 2. The molecule has 0 aliphatic carbocycles. The van der Waals surface area contributed by atoms with E-state index < -0.39 is 0 Å². The van der Waals surface area contributed by atoms with Crippen LogP contribution in [0.25, 0.3) is 0 Å². The van der Waals surface area contributed by atoms with Crippen molar-refractivity contribution in [3.8, 4) is 11.5 Å². The van der Waals surface area contributed by atoms with Gasteiger partial charge in [0.15, 0.2) is 11.6 Å². The summed E-state index contributed by atoms with van der Waals surface area (Å²) in [6.07, 6.45) is 1.83. The average Bonchev–Trinajstić information content (AvgIpc) is 3.19. The predicted molar refractivity (Wildman–Crippen MR) is 102 cm³/mol. The zero-order chi connectivity index (χ0) is 18.5. The van der Waals surface area contributed by atoms with Crippen LogP contribution in [0.5, 0.6) is 11.5 Å². The molecule has 2 heterocycles. The van der Waals surface area contributed by atoms with Crippen LogP contribution in [-0.2, 0) is 11.3 Å². The highest BCUT2D eigenvalue weighted by molar-refractivity contribution is 6.30. The molecule has 0 unspecified atom stereocenters. The SMILES string of the molecule is Clc1ccc(Oc2ccccc2)c(NCc2noc(C3CCOCC3)n2)c1. The van der Waals surface area contributed by atoms with Gasteiger partial charge in [-0.1, -0.05) is 35.0 Å². The molecule has 7 heteroatoms. The predicted octanol–water partition coefficient (Wildman–Crippen LogP) is 5.02. The minimum Gasteiger partial charge on any atom is -0.455 e. The third kappa shape index (κ3) is 4.59. The molecule has 1 aromatic heterocycles. The second-order valence-electron chi connectivity index (χ2n) is 6.34. The van der Waals surface area contributed by atoms with Crippen LogP contribution >= 0.6 is 11.6 Å². The Morgan fingerprint density at radius 1 is 1.11 bits per heavy atom. The molecule has 1 N–H and O–H groups in total. The molecule has 0 bridgehead atoms. The average molecular weight is 386 g/mol. The van der Waals surface area contributed by atoms with Gasteiger partial charge in [-0.05, 0) is 43.2 Å². The lowest BCUT2D eigenvalue weighted by Gasteiger charge is -2.17. The Labute approximate surface area is 162 Å². The van der Waals surface area contributed by atoms with E-state index in [-0.39, 0.29) is 5.92 Å². The Morgan fingerprint density at radius 3 is 2.74 bits per heavy atom. The summed E-state index contributed by atoms with van der Waals surface area (Å²) < 4.78 is 16.8. The summed E-state index contributed by atoms with van der Waals surface area (Å²) >= 11 is 6.15. The molecule has 4 rings (SSSR count). The van der Waals surface area contributed by atoms with Gasteiger partial charge in [0, 0.05) is 24.2 Å². The summed E-state index contributed by atoms with van der Waals surface area (Å²) in [5, 5.41) is 7.99. The normalized spacial score (nSPS) is 14.9. The minimum absolute atomic E-state index is 0.281. The van der Waals surface area contributed by atoms with Crippen molar-refractivity contribution in [1.29, 1.82) is 0 Å². The van der Waals surface area contributed by atoms with Crippen LogP contribution in [0.3, 0.4) is 0 Å². The lowest BCUT2D eigenvalue weighted by Crippen LogP contribution is -2.14. The number of hydrogen-bond donors (Lipinski definition) is 1. The molecule has 0 spiro atoms. The van der Waals surface area contributed by atoms with Crippen LogP contribution in [0.2, 0.25) is 5.02 Å². The largest absolute Gasteiger partial charge is 0.455 e. The number of hydrogen-bond acceptors (Lipinski definition) is 6. The Kier molecular flexibility index (Phi) is 5.55. The van der Waals surface area contributed by atoms with Crippen molar-refractivity contribution in [2.24, 2.45) is 0 Å². The molecule has 3 aromatic rings. The molecule has 1 fully saturated rings. The van der Waals surface area contributed by atoms with E-state index in [0.29, 0.717) is 29.0 Å². The monoisotopic (exact) mass is 385 g/mol. The fraction of sp³-hybridized carbons (Fsp3) is 0.300. The molecule has 0 saturated carbocycles. The number of aromatic nitrogens is 2. The van der Waals surface area contributed by atoms with E-state index in [1.54, 1.807) is 6.07 Å². The van der Waals surface area contributed by atoms with Crippen molar-refractivity contribution in [3.63, 3.8) is 0 Å². The number of para-hydroxylation sites is 1. The van der Waals surface area contributed by atoms with E-state index >= 15 is 0 Å². The first-order chi connectivity index (χ1) is 13.3. The van der Waals surface area contributed by atoms with E-state index in [9.17, 15) is 0 Å². The maximum Gasteiger partial charge on any atom is 0.229 e. The van der Waals surface area contributed by atoms with Gasteiger partial charge in [0.2, 0.25) is 5.89 Å². The summed E-state index contributed by atoms with van der Waals surface area (Å²) in [4.78, 5) is 4.52. The van der Waals surface area contributed by atoms with E-state index in [4.69, 9.17) is 25.6 Å². The number of halogens is 1. The summed E-state index contributed by atoms with van der Waals surface area (Å²) in [6, 6.07) is 15.0. The van der Waals surface area contributed by atoms with E-state index in [2.05, 4.69) is 15.5 Å². The van der Waals surface area contributed by atoms with E-state index in [1.165, 1.54) is 0 Å². The highest BCUT2D eigenvalue weighted by Gasteiger charge is 2.22. The van der Waals surface area contributed by atoms with E-state index in [1.807, 2.05) is 42.5 Å². The number of nitrogens with zero attached hydrogens (tertiary/aromatic N) is 2. The molecule has 2 aromatic carbocycles. The fourth-order valence-electron chi connectivity index (χ4n) is 2.97. The first-order valence-corrected chi connectivity index (χ1v) is 9.32. The third-order valence-electron chi connectivity index (χ3n) is 4.40. The smallest absolute Gasteiger partial charge is 0.229 e. The van der Waals surface area contributed by atoms with Gasteiger partial charge in [0.05, 0.1) is 12.2 Å². The van der Waals surface area contributed by atoms with Crippen LogP contribution < -0.4 is 10.1 Å². The third-order valence-corrected chi connectivity index (χ3v) is 4.64. The van der Waals surface area contributed by atoms with Crippen LogP contribution in [0, 0.1) is 0 Å². The quantitative estimate of drug-likeness (QED) is 0.642. The molecule has 1 aliphatic heterocycles. The van der Waals surface area contributed by atoms with Crippen LogP contribution in [0.15, 0.2) is 53.1 Å². The van der Waals surface area contributed by atoms with Gasteiger partial charge in [0.1, 0.15) is 5.75 Å². The molecule has 1 aliphatic rings. The molecule has 140 valence electrons. The molecule has 6 nitrogen and oxygen atoms in total. The minimum atomic E-state index is 0.281. The summed E-state index contributed by atoms with van der Waals surface area (Å²) in [5.74, 6) is 3.00. The fourth-order valence-corrected chi connectivity index (χ4v) is 3.14. The lowest BCUT2D eigenvalue weighted by molar-refractivity contribution is 0.0778. The molecular weight excluding hydrogens is 366 g/mol. The summed E-state index contributed by atoms with van der Waals surface area (Å²) in [7, 11) is 0. The van der Waals surface area contributed by atoms with Crippen molar-refractivity contribution >= 4 is 17.3 Å².